The van der Waals surface area contributed by atoms with Crippen molar-refractivity contribution < 1.29 is 4.42 Å². The highest BCUT2D eigenvalue weighted by molar-refractivity contribution is 14.1. The highest BCUT2D eigenvalue weighted by Gasteiger charge is 2.38. The van der Waals surface area contributed by atoms with Gasteiger partial charge in [-0.15, -0.1) is 0 Å². The number of nitriles is 1. The fraction of sp³-hybridized carbons (Fsp3) is 0.500. The highest BCUT2D eigenvalue weighted by Crippen LogP contribution is 2.36. The maximum absolute atomic E-state index is 8.96. The van der Waals surface area contributed by atoms with Crippen molar-refractivity contribution in [2.75, 3.05) is 12.4 Å². The van der Waals surface area contributed by atoms with Crippen LogP contribution in [0, 0.1) is 14.9 Å². The summed E-state index contributed by atoms with van der Waals surface area (Å²) in [5, 5.41) is 13.5. The van der Waals surface area contributed by atoms with Gasteiger partial charge in [0, 0.05) is 29.6 Å². The molecule has 2 aromatic heterocycles. The van der Waals surface area contributed by atoms with Gasteiger partial charge in [0.15, 0.2) is 5.58 Å². The van der Waals surface area contributed by atoms with Crippen LogP contribution in [0.5, 0.6) is 0 Å². The zero-order valence-corrected chi connectivity index (χ0v) is 14.5. The first-order valence-corrected chi connectivity index (χ1v) is 8.70. The molecule has 0 amide bonds. The van der Waals surface area contributed by atoms with Gasteiger partial charge in [0.2, 0.25) is 5.76 Å². The smallest absolute Gasteiger partial charge is 0.204 e. The maximum atomic E-state index is 8.96. The van der Waals surface area contributed by atoms with E-state index < -0.39 is 0 Å². The average molecular weight is 408 g/mol. The van der Waals surface area contributed by atoms with E-state index in [0.29, 0.717) is 29.5 Å². The first-order chi connectivity index (χ1) is 10.7. The Morgan fingerprint density at radius 3 is 2.82 bits per heavy atom. The molecule has 2 saturated heterocycles. The van der Waals surface area contributed by atoms with Gasteiger partial charge >= 0.3 is 0 Å². The largest absolute Gasteiger partial charge is 0.444 e. The van der Waals surface area contributed by atoms with Crippen LogP contribution < -0.4 is 5.32 Å². The first kappa shape index (κ1) is 14.3. The van der Waals surface area contributed by atoms with E-state index in [-0.39, 0.29) is 0 Å². The molecule has 0 spiro atoms. The quantitative estimate of drug-likeness (QED) is 0.773. The summed E-state index contributed by atoms with van der Waals surface area (Å²) in [4.78, 5) is 7.04. The Labute approximate surface area is 142 Å². The molecule has 4 heterocycles. The lowest BCUT2D eigenvalue weighted by Crippen LogP contribution is -2.44. The minimum atomic E-state index is 0.337. The normalized spacial score (nSPS) is 28.0. The lowest BCUT2D eigenvalue weighted by Gasteiger charge is -2.36. The number of nitrogens with zero attached hydrogens (tertiary/aromatic N) is 3. The predicted octanol–water partition coefficient (Wildman–Crippen LogP) is 3.34. The number of furan rings is 1. The molecular weight excluding hydrogens is 391 g/mol. The highest BCUT2D eigenvalue weighted by atomic mass is 127. The molecule has 1 N–H and O–H groups in total. The molecule has 0 aromatic carbocycles. The molecule has 6 heteroatoms. The first-order valence-electron chi connectivity index (χ1n) is 7.62. The second-order valence-electron chi connectivity index (χ2n) is 6.28. The van der Waals surface area contributed by atoms with Gasteiger partial charge in [0.05, 0.1) is 9.77 Å². The van der Waals surface area contributed by atoms with Crippen molar-refractivity contribution in [3.8, 4) is 6.07 Å². The molecule has 0 aliphatic carbocycles. The van der Waals surface area contributed by atoms with Gasteiger partial charge in [-0.05, 0) is 55.3 Å². The van der Waals surface area contributed by atoms with E-state index in [1.54, 1.807) is 12.3 Å². The molecule has 2 unspecified atom stereocenters. The molecule has 2 bridgehead atoms. The van der Waals surface area contributed by atoms with Crippen LogP contribution in [0.25, 0.3) is 11.0 Å². The van der Waals surface area contributed by atoms with E-state index in [2.05, 4.69) is 44.8 Å². The van der Waals surface area contributed by atoms with Crippen molar-refractivity contribution in [3.05, 3.63) is 21.6 Å². The number of hydrogen-bond donors (Lipinski definition) is 1. The Balaban J connectivity index is 1.60. The Morgan fingerprint density at radius 2 is 2.14 bits per heavy atom. The van der Waals surface area contributed by atoms with E-state index in [9.17, 15) is 0 Å². The molecule has 5 nitrogen and oxygen atoms in total. The third kappa shape index (κ3) is 2.27. The second kappa shape index (κ2) is 5.39. The topological polar surface area (TPSA) is 65.1 Å². The monoisotopic (exact) mass is 408 g/mol. The van der Waals surface area contributed by atoms with Crippen molar-refractivity contribution in [3.63, 3.8) is 0 Å². The Hall–Kier alpha value is -1.33. The van der Waals surface area contributed by atoms with Crippen LogP contribution in [0.2, 0.25) is 0 Å². The number of hydrogen-bond acceptors (Lipinski definition) is 5. The van der Waals surface area contributed by atoms with Gasteiger partial charge in [-0.3, -0.25) is 0 Å². The number of nitrogens with one attached hydrogen (secondary N) is 1. The van der Waals surface area contributed by atoms with Crippen molar-refractivity contribution in [2.45, 2.75) is 43.8 Å². The van der Waals surface area contributed by atoms with Gasteiger partial charge in [-0.1, -0.05) is 0 Å². The molecule has 0 radical (unpaired) electrons. The van der Waals surface area contributed by atoms with Crippen LogP contribution in [-0.4, -0.2) is 35.1 Å². The Morgan fingerprint density at radius 1 is 1.41 bits per heavy atom. The summed E-state index contributed by atoms with van der Waals surface area (Å²) < 4.78 is 6.47. The molecule has 114 valence electrons. The number of halogens is 1. The zero-order chi connectivity index (χ0) is 15.3. The van der Waals surface area contributed by atoms with E-state index in [4.69, 9.17) is 9.68 Å². The van der Waals surface area contributed by atoms with E-state index >= 15 is 0 Å². The number of aromatic nitrogens is 1. The van der Waals surface area contributed by atoms with E-state index in [1.165, 1.54) is 25.7 Å². The molecular formula is C16H17IN4O. The summed E-state index contributed by atoms with van der Waals surface area (Å²) in [5.74, 6) is 1.25. The second-order valence-corrected chi connectivity index (χ2v) is 7.36. The van der Waals surface area contributed by atoms with Gasteiger partial charge < -0.3 is 14.6 Å². The van der Waals surface area contributed by atoms with Crippen LogP contribution in [0.3, 0.4) is 0 Å². The SMILES string of the molecule is CN1C2CCC1CC(Nc1ncc3oc(C#N)cc3c1I)C2. The van der Waals surface area contributed by atoms with Gasteiger partial charge in [0.25, 0.3) is 0 Å². The summed E-state index contributed by atoms with van der Waals surface area (Å²) in [6.07, 6.45) is 6.70. The summed E-state index contributed by atoms with van der Waals surface area (Å²) in [5.41, 5.74) is 0.676. The van der Waals surface area contributed by atoms with Crippen LogP contribution in [0.15, 0.2) is 16.7 Å². The molecule has 2 aliphatic heterocycles. The number of fused-ring (bicyclic) bond motifs is 3. The summed E-state index contributed by atoms with van der Waals surface area (Å²) in [7, 11) is 2.25. The molecule has 2 fully saturated rings. The van der Waals surface area contributed by atoms with Crippen molar-refractivity contribution in [1.82, 2.24) is 9.88 Å². The Bertz CT molecular complexity index is 751. The summed E-state index contributed by atoms with van der Waals surface area (Å²) >= 11 is 2.29. The zero-order valence-electron chi connectivity index (χ0n) is 12.3. The van der Waals surface area contributed by atoms with E-state index in [1.807, 2.05) is 6.07 Å². The third-order valence-corrected chi connectivity index (χ3v) is 6.16. The lowest BCUT2D eigenvalue weighted by molar-refractivity contribution is 0.168. The molecule has 2 aliphatic rings. The fourth-order valence-electron chi connectivity index (χ4n) is 3.86. The third-order valence-electron chi connectivity index (χ3n) is 5.07. The molecule has 22 heavy (non-hydrogen) atoms. The van der Waals surface area contributed by atoms with Crippen LogP contribution in [0.4, 0.5) is 5.82 Å². The number of anilines is 1. The predicted molar refractivity (Wildman–Crippen MR) is 92.7 cm³/mol. The average Bonchev–Trinajstić information content (AvgIpc) is 3.01. The standard InChI is InChI=1S/C16H17IN4O/c1-21-10-2-3-11(21)5-9(4-10)20-16-15(17)13-6-12(7-18)22-14(13)8-19-16/h6,8-11H,2-5H2,1H3,(H,19,20). The van der Waals surface area contributed by atoms with Gasteiger partial charge in [0.1, 0.15) is 11.9 Å². The maximum Gasteiger partial charge on any atom is 0.204 e. The van der Waals surface area contributed by atoms with Gasteiger partial charge in [-0.2, -0.15) is 5.26 Å². The van der Waals surface area contributed by atoms with Gasteiger partial charge in [-0.25, -0.2) is 4.98 Å². The van der Waals surface area contributed by atoms with Crippen LogP contribution in [0.1, 0.15) is 31.4 Å². The van der Waals surface area contributed by atoms with Crippen molar-refractivity contribution in [2.24, 2.45) is 0 Å². The molecule has 4 rings (SSSR count). The summed E-state index contributed by atoms with van der Waals surface area (Å²) in [6, 6.07) is 5.73. The van der Waals surface area contributed by atoms with Crippen molar-refractivity contribution in [1.29, 1.82) is 5.26 Å². The van der Waals surface area contributed by atoms with Crippen molar-refractivity contribution >= 4 is 39.4 Å². The van der Waals surface area contributed by atoms with Crippen LogP contribution in [-0.2, 0) is 0 Å². The minimum absolute atomic E-state index is 0.337. The fourth-order valence-corrected chi connectivity index (χ4v) is 4.57. The molecule has 2 aromatic rings. The summed E-state index contributed by atoms with van der Waals surface area (Å²) in [6.45, 7) is 0. The number of piperidine rings is 1. The number of rotatable bonds is 2. The minimum Gasteiger partial charge on any atom is -0.444 e. The van der Waals surface area contributed by atoms with E-state index in [0.717, 1.165) is 14.8 Å². The molecule has 0 saturated carbocycles. The lowest BCUT2D eigenvalue weighted by atomic mass is 9.98. The number of pyridine rings is 1. The Kier molecular flexibility index (Phi) is 3.50. The van der Waals surface area contributed by atoms with Crippen LogP contribution >= 0.6 is 22.6 Å². The molecule has 2 atom stereocenters.